The summed E-state index contributed by atoms with van der Waals surface area (Å²) >= 11 is 0. The van der Waals surface area contributed by atoms with Gasteiger partial charge >= 0.3 is 0 Å². The lowest BCUT2D eigenvalue weighted by molar-refractivity contribution is 0.570. The lowest BCUT2D eigenvalue weighted by atomic mass is 10.2. The molecule has 4 heteroatoms. The number of nitrogens with two attached hydrogens (primary N) is 1. The fourth-order valence-corrected chi connectivity index (χ4v) is 3.03. The number of unbranched alkanes of at least 4 members (excludes halogenated alkanes) is 4. The van der Waals surface area contributed by atoms with Gasteiger partial charge in [-0.15, -0.1) is 0 Å². The van der Waals surface area contributed by atoms with Crippen molar-refractivity contribution in [2.24, 2.45) is 5.73 Å². The number of sulfone groups is 1. The number of hydrogen-bond acceptors (Lipinski definition) is 3. The molecule has 0 aromatic rings. The highest BCUT2D eigenvalue weighted by Gasteiger charge is 2.18. The summed E-state index contributed by atoms with van der Waals surface area (Å²) in [5.41, 5.74) is 5.36. The zero-order valence-corrected chi connectivity index (χ0v) is 10.9. The second-order valence-electron chi connectivity index (χ2n) is 4.17. The summed E-state index contributed by atoms with van der Waals surface area (Å²) < 4.78 is 23.4. The second kappa shape index (κ2) is 8.11. The Balaban J connectivity index is 3.74. The van der Waals surface area contributed by atoms with Crippen molar-refractivity contribution in [1.82, 2.24) is 0 Å². The third-order valence-electron chi connectivity index (χ3n) is 2.72. The molecule has 0 amide bonds. The van der Waals surface area contributed by atoms with Crippen LogP contribution in [0.4, 0.5) is 0 Å². The standard InChI is InChI=1S/C11H25NO2S/c1-3-4-5-6-7-10-15(13,14)11(2)8-9-12/h11H,3-10,12H2,1-2H3. The maximum atomic E-state index is 11.7. The molecule has 1 unspecified atom stereocenters. The fourth-order valence-electron chi connectivity index (χ4n) is 1.52. The molecule has 0 radical (unpaired) electrons. The minimum Gasteiger partial charge on any atom is -0.330 e. The average molecular weight is 235 g/mol. The third kappa shape index (κ3) is 6.90. The van der Waals surface area contributed by atoms with Gasteiger partial charge in [0, 0.05) is 0 Å². The summed E-state index contributed by atoms with van der Waals surface area (Å²) in [6, 6.07) is 0. The molecule has 0 saturated heterocycles. The second-order valence-corrected chi connectivity index (χ2v) is 6.71. The zero-order valence-electron chi connectivity index (χ0n) is 10.0. The van der Waals surface area contributed by atoms with E-state index in [0.717, 1.165) is 19.3 Å². The first-order chi connectivity index (χ1) is 7.04. The van der Waals surface area contributed by atoms with Crippen LogP contribution >= 0.6 is 0 Å². The SMILES string of the molecule is CCCCCCCS(=O)(=O)C(C)CCN. The van der Waals surface area contributed by atoms with Crippen molar-refractivity contribution in [3.8, 4) is 0 Å². The van der Waals surface area contributed by atoms with Gasteiger partial charge in [0.1, 0.15) is 0 Å². The van der Waals surface area contributed by atoms with E-state index < -0.39 is 9.84 Å². The van der Waals surface area contributed by atoms with E-state index in [1.54, 1.807) is 6.92 Å². The van der Waals surface area contributed by atoms with Gasteiger partial charge in [0.2, 0.25) is 0 Å². The Hall–Kier alpha value is -0.0900. The molecule has 0 spiro atoms. The topological polar surface area (TPSA) is 60.2 Å². The Morgan fingerprint density at radius 2 is 1.73 bits per heavy atom. The predicted octanol–water partition coefficient (Wildman–Crippen LogP) is 2.11. The summed E-state index contributed by atoms with van der Waals surface area (Å²) in [6.07, 6.45) is 5.96. The monoisotopic (exact) mass is 235 g/mol. The van der Waals surface area contributed by atoms with E-state index in [9.17, 15) is 8.42 Å². The van der Waals surface area contributed by atoms with Crippen molar-refractivity contribution in [2.75, 3.05) is 12.3 Å². The van der Waals surface area contributed by atoms with E-state index in [1.165, 1.54) is 12.8 Å². The van der Waals surface area contributed by atoms with Crippen molar-refractivity contribution < 1.29 is 8.42 Å². The van der Waals surface area contributed by atoms with Crippen LogP contribution in [-0.2, 0) is 9.84 Å². The van der Waals surface area contributed by atoms with Crippen molar-refractivity contribution in [1.29, 1.82) is 0 Å². The lowest BCUT2D eigenvalue weighted by Crippen LogP contribution is -2.23. The molecule has 3 nitrogen and oxygen atoms in total. The summed E-state index contributed by atoms with van der Waals surface area (Å²) in [6.45, 7) is 4.37. The van der Waals surface area contributed by atoms with Crippen molar-refractivity contribution in [2.45, 2.75) is 57.6 Å². The van der Waals surface area contributed by atoms with Crippen LogP contribution in [0.15, 0.2) is 0 Å². The maximum absolute atomic E-state index is 11.7. The van der Waals surface area contributed by atoms with Crippen LogP contribution in [0.3, 0.4) is 0 Å². The van der Waals surface area contributed by atoms with E-state index in [1.807, 2.05) is 0 Å². The van der Waals surface area contributed by atoms with Gasteiger partial charge in [0.15, 0.2) is 9.84 Å². The first-order valence-corrected chi connectivity index (χ1v) is 7.67. The van der Waals surface area contributed by atoms with Gasteiger partial charge in [-0.2, -0.15) is 0 Å². The molecule has 0 rings (SSSR count). The molecule has 0 aromatic carbocycles. The highest BCUT2D eigenvalue weighted by atomic mass is 32.2. The molecule has 0 aliphatic carbocycles. The molecule has 15 heavy (non-hydrogen) atoms. The quantitative estimate of drug-likeness (QED) is 0.623. The van der Waals surface area contributed by atoms with Gasteiger partial charge in [-0.25, -0.2) is 8.42 Å². The first kappa shape index (κ1) is 14.9. The summed E-state index contributed by atoms with van der Waals surface area (Å²) in [4.78, 5) is 0. The largest absolute Gasteiger partial charge is 0.330 e. The van der Waals surface area contributed by atoms with Gasteiger partial charge in [0.25, 0.3) is 0 Å². The van der Waals surface area contributed by atoms with E-state index in [0.29, 0.717) is 18.7 Å². The van der Waals surface area contributed by atoms with E-state index in [2.05, 4.69) is 6.92 Å². The van der Waals surface area contributed by atoms with Crippen LogP contribution in [0.5, 0.6) is 0 Å². The summed E-state index contributed by atoms with van der Waals surface area (Å²) in [5.74, 6) is 0.331. The molecule has 0 heterocycles. The Morgan fingerprint density at radius 1 is 1.13 bits per heavy atom. The molecule has 0 aliphatic heterocycles. The third-order valence-corrected chi connectivity index (χ3v) is 5.04. The Labute approximate surface area is 94.4 Å². The van der Waals surface area contributed by atoms with Gasteiger partial charge in [-0.3, -0.25) is 0 Å². The number of hydrogen-bond donors (Lipinski definition) is 1. The van der Waals surface area contributed by atoms with Crippen LogP contribution in [0.2, 0.25) is 0 Å². The van der Waals surface area contributed by atoms with Crippen LogP contribution in [0.25, 0.3) is 0 Å². The highest BCUT2D eigenvalue weighted by Crippen LogP contribution is 2.10. The lowest BCUT2D eigenvalue weighted by Gasteiger charge is -2.11. The van der Waals surface area contributed by atoms with Crippen LogP contribution in [0, 0.1) is 0 Å². The van der Waals surface area contributed by atoms with E-state index >= 15 is 0 Å². The molecular weight excluding hydrogens is 210 g/mol. The van der Waals surface area contributed by atoms with Crippen LogP contribution in [-0.4, -0.2) is 26.0 Å². The predicted molar refractivity (Wildman–Crippen MR) is 65.7 cm³/mol. The number of rotatable bonds is 9. The first-order valence-electron chi connectivity index (χ1n) is 5.96. The molecule has 2 N–H and O–H groups in total. The maximum Gasteiger partial charge on any atom is 0.152 e. The summed E-state index contributed by atoms with van der Waals surface area (Å²) in [5, 5.41) is -0.270. The van der Waals surface area contributed by atoms with Gasteiger partial charge in [-0.05, 0) is 26.3 Å². The minimum atomic E-state index is -2.89. The van der Waals surface area contributed by atoms with Gasteiger partial charge < -0.3 is 5.73 Å². The molecule has 0 aliphatic rings. The smallest absolute Gasteiger partial charge is 0.152 e. The van der Waals surface area contributed by atoms with Crippen LogP contribution < -0.4 is 5.73 Å². The van der Waals surface area contributed by atoms with E-state index in [4.69, 9.17) is 5.73 Å². The Bertz CT molecular complexity index is 237. The molecular formula is C11H25NO2S. The molecule has 0 bridgehead atoms. The van der Waals surface area contributed by atoms with Crippen molar-refractivity contribution in [3.63, 3.8) is 0 Å². The fraction of sp³-hybridized carbons (Fsp3) is 1.00. The Morgan fingerprint density at radius 3 is 2.27 bits per heavy atom. The molecule has 1 atom stereocenters. The molecule has 0 saturated carbocycles. The van der Waals surface area contributed by atoms with Gasteiger partial charge in [-0.1, -0.05) is 32.6 Å². The molecule has 0 fully saturated rings. The average Bonchev–Trinajstić information content (AvgIpc) is 2.18. The van der Waals surface area contributed by atoms with E-state index in [-0.39, 0.29) is 5.25 Å². The molecule has 92 valence electrons. The highest BCUT2D eigenvalue weighted by molar-refractivity contribution is 7.91. The van der Waals surface area contributed by atoms with Gasteiger partial charge in [0.05, 0.1) is 11.0 Å². The van der Waals surface area contributed by atoms with Crippen LogP contribution in [0.1, 0.15) is 52.4 Å². The minimum absolute atomic E-state index is 0.270. The normalized spacial score (nSPS) is 14.1. The van der Waals surface area contributed by atoms with Crippen molar-refractivity contribution >= 4 is 9.84 Å². The zero-order chi connectivity index (χ0) is 11.7. The summed E-state index contributed by atoms with van der Waals surface area (Å²) in [7, 11) is -2.89. The Kier molecular flexibility index (Phi) is 8.06. The van der Waals surface area contributed by atoms with Crippen molar-refractivity contribution in [3.05, 3.63) is 0 Å². The molecule has 0 aromatic heterocycles.